The summed E-state index contributed by atoms with van der Waals surface area (Å²) in [7, 11) is 0. The summed E-state index contributed by atoms with van der Waals surface area (Å²) < 4.78 is 15.8. The molecule has 142 valence electrons. The molecular weight excluding hydrogens is 345 g/mol. The second-order valence-corrected chi connectivity index (χ2v) is 6.07. The molecule has 1 aliphatic rings. The molecule has 0 radical (unpaired) electrons. The highest BCUT2D eigenvalue weighted by molar-refractivity contribution is 5.95. The Morgan fingerprint density at radius 2 is 1.81 bits per heavy atom. The van der Waals surface area contributed by atoms with Crippen LogP contribution in [-0.4, -0.2) is 33.6 Å². The smallest absolute Gasteiger partial charge is 0.254 e. The van der Waals surface area contributed by atoms with Crippen molar-refractivity contribution in [2.75, 3.05) is 18.4 Å². The van der Waals surface area contributed by atoms with Crippen LogP contribution in [0.25, 0.3) is 16.9 Å². The molecule has 1 aromatic carbocycles. The zero-order valence-electron chi connectivity index (χ0n) is 15.6. The largest absolute Gasteiger partial charge is 0.369 e. The Morgan fingerprint density at radius 3 is 2.63 bits per heavy atom. The Hall–Kier alpha value is -2.96. The standard InChI is InChI=1S/C18H18FN5O.C2H6/c19-14-5-4-12-10-13(14)18(25)21-9-3-1-2-8-20-16-6-7-17-22-11-15(12)24(17)23-16;1-2/h4-7,10-11H,1-3,8-9H2,(H,20,23)(H,21,25);1-2H3. The van der Waals surface area contributed by atoms with Gasteiger partial charge in [0.15, 0.2) is 5.65 Å². The number of hydrogen-bond acceptors (Lipinski definition) is 4. The van der Waals surface area contributed by atoms with Gasteiger partial charge in [0.1, 0.15) is 11.6 Å². The molecule has 4 rings (SSSR count). The predicted molar refractivity (Wildman–Crippen MR) is 104 cm³/mol. The number of benzene rings is 1. The number of halogens is 1. The lowest BCUT2D eigenvalue weighted by Crippen LogP contribution is -2.25. The summed E-state index contributed by atoms with van der Waals surface area (Å²) >= 11 is 0. The van der Waals surface area contributed by atoms with Gasteiger partial charge in [-0.2, -0.15) is 0 Å². The van der Waals surface area contributed by atoms with Crippen LogP contribution in [0.15, 0.2) is 36.5 Å². The third-order valence-electron chi connectivity index (χ3n) is 4.31. The van der Waals surface area contributed by atoms with E-state index in [9.17, 15) is 9.18 Å². The molecule has 27 heavy (non-hydrogen) atoms. The van der Waals surface area contributed by atoms with Crippen LogP contribution >= 0.6 is 0 Å². The summed E-state index contributed by atoms with van der Waals surface area (Å²) in [6.07, 6.45) is 4.47. The van der Waals surface area contributed by atoms with Gasteiger partial charge in [-0.05, 0) is 49.6 Å². The normalized spacial score (nSPS) is 14.4. The first-order valence-electron chi connectivity index (χ1n) is 9.39. The third-order valence-corrected chi connectivity index (χ3v) is 4.31. The van der Waals surface area contributed by atoms with Crippen LogP contribution in [0.5, 0.6) is 0 Å². The van der Waals surface area contributed by atoms with E-state index < -0.39 is 11.7 Å². The topological polar surface area (TPSA) is 71.3 Å². The van der Waals surface area contributed by atoms with Crippen molar-refractivity contribution in [3.63, 3.8) is 0 Å². The molecule has 1 aliphatic heterocycles. The van der Waals surface area contributed by atoms with Crippen LogP contribution in [0.3, 0.4) is 0 Å². The van der Waals surface area contributed by atoms with Crippen molar-refractivity contribution < 1.29 is 9.18 Å². The quantitative estimate of drug-likeness (QED) is 0.631. The molecule has 3 aromatic rings. The fourth-order valence-corrected chi connectivity index (χ4v) is 2.96. The summed E-state index contributed by atoms with van der Waals surface area (Å²) in [6.45, 7) is 5.34. The molecule has 7 heteroatoms. The number of carbonyl (C=O) groups is 1. The number of aromatic nitrogens is 3. The molecule has 2 aromatic heterocycles. The molecule has 1 amide bonds. The summed E-state index contributed by atoms with van der Waals surface area (Å²) in [4.78, 5) is 16.6. The van der Waals surface area contributed by atoms with E-state index in [1.54, 1.807) is 22.8 Å². The van der Waals surface area contributed by atoms with E-state index in [1.807, 2.05) is 26.0 Å². The lowest BCUT2D eigenvalue weighted by molar-refractivity contribution is 0.0949. The van der Waals surface area contributed by atoms with Crippen LogP contribution in [0, 0.1) is 5.82 Å². The van der Waals surface area contributed by atoms with E-state index in [1.165, 1.54) is 6.07 Å². The molecule has 0 unspecified atom stereocenters. The minimum absolute atomic E-state index is 0.0385. The fourth-order valence-electron chi connectivity index (χ4n) is 2.96. The number of rotatable bonds is 0. The van der Waals surface area contributed by atoms with Crippen LogP contribution in [0.2, 0.25) is 0 Å². The summed E-state index contributed by atoms with van der Waals surface area (Å²) in [5.41, 5.74) is 2.14. The lowest BCUT2D eigenvalue weighted by Gasteiger charge is -2.08. The average Bonchev–Trinajstić information content (AvgIpc) is 3.11. The van der Waals surface area contributed by atoms with E-state index >= 15 is 0 Å². The van der Waals surface area contributed by atoms with Crippen LogP contribution in [0.4, 0.5) is 10.2 Å². The first kappa shape index (κ1) is 18.8. The maximum absolute atomic E-state index is 14.1. The SMILES string of the molecule is CC.O=C1NCCCCCNc2ccc3ncc(n3n2)-c2ccc(F)c1c2. The van der Waals surface area contributed by atoms with Crippen molar-refractivity contribution in [2.45, 2.75) is 33.1 Å². The zero-order valence-corrected chi connectivity index (χ0v) is 15.6. The molecule has 0 aliphatic carbocycles. The van der Waals surface area contributed by atoms with Gasteiger partial charge in [0, 0.05) is 18.7 Å². The van der Waals surface area contributed by atoms with Gasteiger partial charge in [0.05, 0.1) is 17.5 Å². The molecule has 3 heterocycles. The van der Waals surface area contributed by atoms with Gasteiger partial charge >= 0.3 is 0 Å². The molecule has 0 atom stereocenters. The summed E-state index contributed by atoms with van der Waals surface area (Å²) in [6, 6.07) is 8.27. The average molecular weight is 369 g/mol. The molecule has 6 nitrogen and oxygen atoms in total. The first-order chi connectivity index (χ1) is 13.2. The van der Waals surface area contributed by atoms with Gasteiger partial charge in [-0.3, -0.25) is 4.79 Å². The zero-order chi connectivity index (χ0) is 19.2. The van der Waals surface area contributed by atoms with Crippen LogP contribution in [0.1, 0.15) is 43.5 Å². The van der Waals surface area contributed by atoms with Crippen molar-refractivity contribution in [1.82, 2.24) is 19.9 Å². The maximum Gasteiger partial charge on any atom is 0.254 e. The van der Waals surface area contributed by atoms with Gasteiger partial charge in [-0.25, -0.2) is 13.9 Å². The minimum Gasteiger partial charge on any atom is -0.369 e. The molecule has 0 saturated heterocycles. The summed E-state index contributed by atoms with van der Waals surface area (Å²) in [5, 5.41) is 10.7. The number of fused-ring (bicyclic) bond motifs is 4. The van der Waals surface area contributed by atoms with Crippen LogP contribution < -0.4 is 10.6 Å². The van der Waals surface area contributed by atoms with E-state index in [0.29, 0.717) is 23.4 Å². The Kier molecular flexibility index (Phi) is 6.01. The van der Waals surface area contributed by atoms with E-state index in [2.05, 4.69) is 20.7 Å². The molecule has 0 fully saturated rings. The van der Waals surface area contributed by atoms with Crippen molar-refractivity contribution in [3.05, 3.63) is 47.9 Å². The highest BCUT2D eigenvalue weighted by Crippen LogP contribution is 2.23. The number of carbonyl (C=O) groups excluding carboxylic acids is 1. The first-order valence-corrected chi connectivity index (χ1v) is 9.39. The number of hydrogen-bond donors (Lipinski definition) is 2. The van der Waals surface area contributed by atoms with Gasteiger partial charge in [0.2, 0.25) is 0 Å². The highest BCUT2D eigenvalue weighted by Gasteiger charge is 2.15. The lowest BCUT2D eigenvalue weighted by atomic mass is 10.1. The third kappa shape index (κ3) is 4.07. The second-order valence-electron chi connectivity index (χ2n) is 6.07. The Bertz CT molecular complexity index is 937. The molecule has 2 N–H and O–H groups in total. The number of nitrogens with zero attached hydrogens (tertiary/aromatic N) is 3. The molecular formula is C20H24FN5O. The van der Waals surface area contributed by atoms with Crippen molar-refractivity contribution in [1.29, 1.82) is 0 Å². The van der Waals surface area contributed by atoms with E-state index in [0.717, 1.165) is 31.6 Å². The van der Waals surface area contributed by atoms with E-state index in [4.69, 9.17) is 0 Å². The monoisotopic (exact) mass is 369 g/mol. The fraction of sp³-hybridized carbons (Fsp3) is 0.350. The Morgan fingerprint density at radius 1 is 1.04 bits per heavy atom. The van der Waals surface area contributed by atoms with Crippen LogP contribution in [-0.2, 0) is 0 Å². The second kappa shape index (κ2) is 8.62. The van der Waals surface area contributed by atoms with Gasteiger partial charge in [-0.15, -0.1) is 5.10 Å². The number of anilines is 1. The van der Waals surface area contributed by atoms with Crippen molar-refractivity contribution >= 4 is 17.4 Å². The Balaban J connectivity index is 0.00000102. The minimum atomic E-state index is -0.533. The molecule has 0 saturated carbocycles. The Labute approximate surface area is 157 Å². The van der Waals surface area contributed by atoms with E-state index in [-0.39, 0.29) is 5.56 Å². The predicted octanol–water partition coefficient (Wildman–Crippen LogP) is 3.89. The van der Waals surface area contributed by atoms with Crippen molar-refractivity contribution in [3.8, 4) is 11.3 Å². The van der Waals surface area contributed by atoms with Gasteiger partial charge in [0.25, 0.3) is 5.91 Å². The molecule has 4 bridgehead atoms. The number of imidazole rings is 1. The van der Waals surface area contributed by atoms with Gasteiger partial charge < -0.3 is 10.6 Å². The number of nitrogens with one attached hydrogen (secondary N) is 2. The van der Waals surface area contributed by atoms with Crippen molar-refractivity contribution in [2.24, 2.45) is 0 Å². The maximum atomic E-state index is 14.1. The van der Waals surface area contributed by atoms with Gasteiger partial charge in [-0.1, -0.05) is 13.8 Å². The number of amides is 1. The highest BCUT2D eigenvalue weighted by atomic mass is 19.1. The molecule has 0 spiro atoms. The summed E-state index contributed by atoms with van der Waals surface area (Å²) in [5.74, 6) is -0.164.